The van der Waals surface area contributed by atoms with Crippen molar-refractivity contribution in [2.75, 3.05) is 6.54 Å². The van der Waals surface area contributed by atoms with Crippen molar-refractivity contribution in [2.24, 2.45) is 0 Å². The normalized spacial score (nSPS) is 10.8. The number of carbonyl (C=O) groups excluding carboxylic acids is 1. The van der Waals surface area contributed by atoms with E-state index in [4.69, 9.17) is 4.42 Å². The van der Waals surface area contributed by atoms with Crippen LogP contribution in [-0.4, -0.2) is 22.4 Å². The Balaban J connectivity index is 1.73. The number of hydrogen-bond donors (Lipinski definition) is 1. The van der Waals surface area contributed by atoms with Crippen LogP contribution in [0.15, 0.2) is 41.2 Å². The summed E-state index contributed by atoms with van der Waals surface area (Å²) in [6.07, 6.45) is 5.40. The van der Waals surface area contributed by atoms with Gasteiger partial charge in [-0.2, -0.15) is 0 Å². The maximum atomic E-state index is 13.7. The smallest absolute Gasteiger partial charge is 0.287 e. The number of carbonyl (C=O) groups is 1. The van der Waals surface area contributed by atoms with Gasteiger partial charge in [-0.15, -0.1) is 0 Å². The van der Waals surface area contributed by atoms with E-state index in [1.165, 1.54) is 6.07 Å². The highest BCUT2D eigenvalue weighted by Crippen LogP contribution is 2.27. The Hall–Kier alpha value is -2.76. The number of amides is 1. The molecule has 22 heavy (non-hydrogen) atoms. The van der Waals surface area contributed by atoms with Crippen molar-refractivity contribution in [3.8, 4) is 0 Å². The van der Waals surface area contributed by atoms with Crippen molar-refractivity contribution in [2.45, 2.75) is 13.3 Å². The van der Waals surface area contributed by atoms with Gasteiger partial charge in [0.05, 0.1) is 5.69 Å². The van der Waals surface area contributed by atoms with Crippen LogP contribution in [0.1, 0.15) is 21.8 Å². The van der Waals surface area contributed by atoms with Gasteiger partial charge < -0.3 is 9.73 Å². The van der Waals surface area contributed by atoms with E-state index in [0.717, 1.165) is 5.69 Å². The first kappa shape index (κ1) is 14.2. The zero-order valence-corrected chi connectivity index (χ0v) is 12.0. The molecule has 5 nitrogen and oxygen atoms in total. The van der Waals surface area contributed by atoms with E-state index >= 15 is 0 Å². The van der Waals surface area contributed by atoms with Gasteiger partial charge in [-0.05, 0) is 13.0 Å². The fraction of sp³-hybridized carbons (Fsp3) is 0.188. The predicted molar refractivity (Wildman–Crippen MR) is 79.0 cm³/mol. The summed E-state index contributed by atoms with van der Waals surface area (Å²) in [6, 6.07) is 4.63. The standard InChI is InChI=1S/C16H14FN3O2/c1-10-12-3-2-4-13(17)15(12)22-14(10)16(21)20-6-5-11-9-18-7-8-19-11/h2-4,7-9H,5-6H2,1H3,(H,20,21). The number of fused-ring (bicyclic) bond motifs is 1. The Bertz CT molecular complexity index is 815. The number of rotatable bonds is 4. The monoisotopic (exact) mass is 299 g/mol. The minimum Gasteiger partial charge on any atom is -0.448 e. The second-order valence-electron chi connectivity index (χ2n) is 4.88. The molecule has 0 bridgehead atoms. The van der Waals surface area contributed by atoms with Gasteiger partial charge in [0.15, 0.2) is 17.2 Å². The van der Waals surface area contributed by atoms with Gasteiger partial charge in [0.25, 0.3) is 5.91 Å². The highest BCUT2D eigenvalue weighted by molar-refractivity contribution is 5.98. The Labute approximate surface area is 126 Å². The first-order chi connectivity index (χ1) is 10.7. The number of aryl methyl sites for hydroxylation is 1. The van der Waals surface area contributed by atoms with Crippen LogP contribution < -0.4 is 5.32 Å². The molecule has 0 aliphatic heterocycles. The quantitative estimate of drug-likeness (QED) is 0.804. The lowest BCUT2D eigenvalue weighted by molar-refractivity contribution is 0.0927. The molecule has 1 aromatic carbocycles. The molecule has 0 fully saturated rings. The van der Waals surface area contributed by atoms with E-state index in [2.05, 4.69) is 15.3 Å². The van der Waals surface area contributed by atoms with Crippen LogP contribution in [0.5, 0.6) is 0 Å². The van der Waals surface area contributed by atoms with Gasteiger partial charge in [0.1, 0.15) is 0 Å². The molecule has 1 N–H and O–H groups in total. The van der Waals surface area contributed by atoms with Crippen LogP contribution in [0.25, 0.3) is 11.0 Å². The van der Waals surface area contributed by atoms with Crippen LogP contribution in [0.4, 0.5) is 4.39 Å². The van der Waals surface area contributed by atoms with E-state index in [1.807, 2.05) is 0 Å². The lowest BCUT2D eigenvalue weighted by Gasteiger charge is -2.03. The van der Waals surface area contributed by atoms with Crippen molar-refractivity contribution in [1.82, 2.24) is 15.3 Å². The summed E-state index contributed by atoms with van der Waals surface area (Å²) >= 11 is 0. The summed E-state index contributed by atoms with van der Waals surface area (Å²) in [7, 11) is 0. The third kappa shape index (κ3) is 2.67. The lowest BCUT2D eigenvalue weighted by Crippen LogP contribution is -2.26. The average Bonchev–Trinajstić information content (AvgIpc) is 2.87. The molecule has 0 saturated carbocycles. The van der Waals surface area contributed by atoms with E-state index in [9.17, 15) is 9.18 Å². The molecule has 112 valence electrons. The molecule has 0 saturated heterocycles. The maximum Gasteiger partial charge on any atom is 0.287 e. The zero-order chi connectivity index (χ0) is 15.5. The molecule has 2 heterocycles. The number of para-hydroxylation sites is 1. The number of hydrogen-bond acceptors (Lipinski definition) is 4. The van der Waals surface area contributed by atoms with E-state index in [1.54, 1.807) is 37.6 Å². The van der Waals surface area contributed by atoms with Gasteiger partial charge in [0, 0.05) is 42.5 Å². The molecule has 0 radical (unpaired) electrons. The van der Waals surface area contributed by atoms with Crippen LogP contribution >= 0.6 is 0 Å². The number of benzene rings is 1. The summed E-state index contributed by atoms with van der Waals surface area (Å²) in [5.41, 5.74) is 1.53. The molecule has 0 spiro atoms. The SMILES string of the molecule is Cc1c(C(=O)NCCc2cnccn2)oc2c(F)cccc12. The predicted octanol–water partition coefficient (Wildman–Crippen LogP) is 2.64. The minimum absolute atomic E-state index is 0.110. The largest absolute Gasteiger partial charge is 0.448 e. The van der Waals surface area contributed by atoms with Crippen molar-refractivity contribution >= 4 is 16.9 Å². The van der Waals surface area contributed by atoms with Gasteiger partial charge in [-0.25, -0.2) is 4.39 Å². The molecule has 0 aliphatic carbocycles. The number of nitrogens with one attached hydrogen (secondary N) is 1. The summed E-state index contributed by atoms with van der Waals surface area (Å²) in [5, 5.41) is 3.36. The molecular formula is C16H14FN3O2. The zero-order valence-electron chi connectivity index (χ0n) is 12.0. The Kier molecular flexibility index (Phi) is 3.82. The summed E-state index contributed by atoms with van der Waals surface area (Å²) in [4.78, 5) is 20.3. The average molecular weight is 299 g/mol. The summed E-state index contributed by atoms with van der Waals surface area (Å²) in [5.74, 6) is -0.699. The van der Waals surface area contributed by atoms with Crippen molar-refractivity contribution < 1.29 is 13.6 Å². The highest BCUT2D eigenvalue weighted by Gasteiger charge is 2.19. The van der Waals surface area contributed by atoms with Crippen molar-refractivity contribution in [1.29, 1.82) is 0 Å². The first-order valence-electron chi connectivity index (χ1n) is 6.87. The fourth-order valence-electron chi connectivity index (χ4n) is 2.27. The molecule has 0 atom stereocenters. The molecule has 2 aromatic heterocycles. The second-order valence-corrected chi connectivity index (χ2v) is 4.88. The van der Waals surface area contributed by atoms with E-state index < -0.39 is 5.82 Å². The third-order valence-electron chi connectivity index (χ3n) is 3.41. The minimum atomic E-state index is -0.473. The summed E-state index contributed by atoms with van der Waals surface area (Å²) < 4.78 is 19.1. The Morgan fingerprint density at radius 1 is 1.36 bits per heavy atom. The maximum absolute atomic E-state index is 13.7. The first-order valence-corrected chi connectivity index (χ1v) is 6.87. The Morgan fingerprint density at radius 2 is 2.23 bits per heavy atom. The highest BCUT2D eigenvalue weighted by atomic mass is 19.1. The number of nitrogens with zero attached hydrogens (tertiary/aromatic N) is 2. The lowest BCUT2D eigenvalue weighted by atomic mass is 10.1. The van der Waals surface area contributed by atoms with E-state index in [0.29, 0.717) is 23.9 Å². The third-order valence-corrected chi connectivity index (χ3v) is 3.41. The Morgan fingerprint density at radius 3 is 2.95 bits per heavy atom. The molecule has 1 amide bonds. The summed E-state index contributed by atoms with van der Waals surface area (Å²) in [6.45, 7) is 2.14. The molecule has 0 aliphatic rings. The van der Waals surface area contributed by atoms with Crippen LogP contribution in [0, 0.1) is 12.7 Å². The van der Waals surface area contributed by atoms with Crippen LogP contribution in [0.2, 0.25) is 0 Å². The van der Waals surface area contributed by atoms with Crippen molar-refractivity contribution in [3.63, 3.8) is 0 Å². The van der Waals surface area contributed by atoms with Gasteiger partial charge in [0.2, 0.25) is 0 Å². The van der Waals surface area contributed by atoms with Crippen LogP contribution in [-0.2, 0) is 6.42 Å². The topological polar surface area (TPSA) is 68.0 Å². The van der Waals surface area contributed by atoms with Gasteiger partial charge in [-0.1, -0.05) is 12.1 Å². The van der Waals surface area contributed by atoms with E-state index in [-0.39, 0.29) is 17.3 Å². The molecule has 0 unspecified atom stereocenters. The molecule has 3 rings (SSSR count). The van der Waals surface area contributed by atoms with Gasteiger partial charge in [-0.3, -0.25) is 14.8 Å². The van der Waals surface area contributed by atoms with Crippen LogP contribution in [0.3, 0.4) is 0 Å². The molecule has 6 heteroatoms. The fourth-order valence-corrected chi connectivity index (χ4v) is 2.27. The number of halogens is 1. The molecular weight excluding hydrogens is 285 g/mol. The number of furan rings is 1. The number of aromatic nitrogens is 2. The van der Waals surface area contributed by atoms with Crippen molar-refractivity contribution in [3.05, 3.63) is 59.6 Å². The van der Waals surface area contributed by atoms with Gasteiger partial charge >= 0.3 is 0 Å². The second kappa shape index (κ2) is 5.93. The molecule has 3 aromatic rings.